The second kappa shape index (κ2) is 9.66. The molecule has 2 rings (SSSR count). The summed E-state index contributed by atoms with van der Waals surface area (Å²) in [5, 5.41) is 11.1. The third kappa shape index (κ3) is 7.66. The van der Waals surface area contributed by atoms with Crippen LogP contribution in [0.25, 0.3) is 11.3 Å². The van der Waals surface area contributed by atoms with Crippen molar-refractivity contribution in [3.8, 4) is 11.3 Å². The highest BCUT2D eigenvalue weighted by Gasteiger charge is 2.27. The smallest absolute Gasteiger partial charge is 0.246 e. The maximum absolute atomic E-state index is 11.9. The molecule has 0 saturated heterocycles. The number of amides is 1. The molecule has 0 saturated carbocycles. The number of nitrogens with zero attached hydrogens (tertiary/aromatic N) is 5. The predicted octanol–water partition coefficient (Wildman–Crippen LogP) is 0.949. The molecule has 0 atom stereocenters. The number of carbonyl (C=O) groups is 2. The van der Waals surface area contributed by atoms with Crippen LogP contribution < -0.4 is 5.32 Å². The van der Waals surface area contributed by atoms with E-state index in [1.54, 1.807) is 17.1 Å². The number of ether oxygens (including phenoxy) is 2. The number of aromatic nitrogens is 5. The van der Waals surface area contributed by atoms with E-state index < -0.39 is 11.1 Å². The van der Waals surface area contributed by atoms with Gasteiger partial charge in [-0.15, -0.1) is 5.10 Å². The number of carbonyl (C=O) groups excluding carboxylic acids is 2. The second-order valence-electron chi connectivity index (χ2n) is 7.98. The summed E-state index contributed by atoms with van der Waals surface area (Å²) >= 11 is 0. The van der Waals surface area contributed by atoms with Gasteiger partial charge in [0.05, 0.1) is 30.5 Å². The van der Waals surface area contributed by atoms with Gasteiger partial charge in [-0.05, 0) is 34.6 Å². The Kier molecular flexibility index (Phi) is 7.52. The lowest BCUT2D eigenvalue weighted by Gasteiger charge is -2.32. The first-order chi connectivity index (χ1) is 13.6. The van der Waals surface area contributed by atoms with E-state index >= 15 is 0 Å². The summed E-state index contributed by atoms with van der Waals surface area (Å²) in [5.74, 6) is 0.389. The van der Waals surface area contributed by atoms with Crippen molar-refractivity contribution in [3.05, 3.63) is 24.4 Å². The SMILES string of the molecule is Cc1ncc(-c2cn(CC(C)(C)OCC(C)(C)NC(=O)COCC=O)nn2)cn1. The molecular formula is C19H28N6O4. The van der Waals surface area contributed by atoms with Gasteiger partial charge in [0, 0.05) is 18.0 Å². The lowest BCUT2D eigenvalue weighted by Crippen LogP contribution is -2.50. The molecule has 2 heterocycles. The summed E-state index contributed by atoms with van der Waals surface area (Å²) in [4.78, 5) is 30.4. The van der Waals surface area contributed by atoms with Gasteiger partial charge >= 0.3 is 0 Å². The van der Waals surface area contributed by atoms with Gasteiger partial charge in [0.15, 0.2) is 0 Å². The highest BCUT2D eigenvalue weighted by atomic mass is 16.5. The van der Waals surface area contributed by atoms with Crippen LogP contribution >= 0.6 is 0 Å². The third-order valence-electron chi connectivity index (χ3n) is 3.88. The normalized spacial score (nSPS) is 12.0. The van der Waals surface area contributed by atoms with Crippen LogP contribution in [0.2, 0.25) is 0 Å². The van der Waals surface area contributed by atoms with Gasteiger partial charge < -0.3 is 19.6 Å². The number of hydrogen-bond donors (Lipinski definition) is 1. The Morgan fingerprint density at radius 1 is 1.24 bits per heavy atom. The number of aldehydes is 1. The molecule has 0 fully saturated rings. The Morgan fingerprint density at radius 2 is 1.93 bits per heavy atom. The highest BCUT2D eigenvalue weighted by Crippen LogP contribution is 2.18. The van der Waals surface area contributed by atoms with Crippen LogP contribution in [0, 0.1) is 6.92 Å². The average molecular weight is 404 g/mol. The van der Waals surface area contributed by atoms with Crippen LogP contribution in [0.3, 0.4) is 0 Å². The van der Waals surface area contributed by atoms with Crippen LogP contribution in [-0.4, -0.2) is 68.1 Å². The zero-order valence-electron chi connectivity index (χ0n) is 17.5. The summed E-state index contributed by atoms with van der Waals surface area (Å²) in [7, 11) is 0. The first kappa shape index (κ1) is 22.6. The van der Waals surface area contributed by atoms with E-state index in [4.69, 9.17) is 9.47 Å². The Balaban J connectivity index is 1.88. The van der Waals surface area contributed by atoms with E-state index in [2.05, 4.69) is 25.6 Å². The van der Waals surface area contributed by atoms with Crippen molar-refractivity contribution in [3.63, 3.8) is 0 Å². The quantitative estimate of drug-likeness (QED) is 0.434. The maximum Gasteiger partial charge on any atom is 0.246 e. The molecule has 10 heteroatoms. The molecule has 0 aliphatic carbocycles. The van der Waals surface area contributed by atoms with E-state index in [-0.39, 0.29) is 25.7 Å². The summed E-state index contributed by atoms with van der Waals surface area (Å²) < 4.78 is 12.6. The molecule has 2 aromatic rings. The van der Waals surface area contributed by atoms with Crippen molar-refractivity contribution >= 4 is 12.2 Å². The average Bonchev–Trinajstić information content (AvgIpc) is 3.08. The number of aryl methyl sites for hydroxylation is 1. The van der Waals surface area contributed by atoms with Crippen molar-refractivity contribution in [2.24, 2.45) is 0 Å². The first-order valence-corrected chi connectivity index (χ1v) is 9.26. The topological polar surface area (TPSA) is 121 Å². The molecular weight excluding hydrogens is 376 g/mol. The molecule has 10 nitrogen and oxygen atoms in total. The van der Waals surface area contributed by atoms with Gasteiger partial charge in [-0.25, -0.2) is 14.6 Å². The Labute approximate surface area is 170 Å². The van der Waals surface area contributed by atoms with E-state index in [9.17, 15) is 9.59 Å². The number of nitrogens with one attached hydrogen (secondary N) is 1. The molecule has 0 spiro atoms. The fourth-order valence-electron chi connectivity index (χ4n) is 2.49. The lowest BCUT2D eigenvalue weighted by atomic mass is 10.1. The molecule has 0 bridgehead atoms. The molecule has 0 aromatic carbocycles. The maximum atomic E-state index is 11.9. The molecule has 0 unspecified atom stereocenters. The van der Waals surface area contributed by atoms with Crippen LogP contribution in [0.1, 0.15) is 33.5 Å². The fourth-order valence-corrected chi connectivity index (χ4v) is 2.49. The van der Waals surface area contributed by atoms with Gasteiger partial charge in [-0.1, -0.05) is 5.21 Å². The van der Waals surface area contributed by atoms with E-state index in [1.165, 1.54) is 0 Å². The van der Waals surface area contributed by atoms with E-state index in [0.717, 1.165) is 5.56 Å². The Bertz CT molecular complexity index is 816. The highest BCUT2D eigenvalue weighted by molar-refractivity contribution is 5.78. The standard InChI is InChI=1S/C19H28N6O4/c1-14-20-8-15(9-21-14)16-10-25(24-23-16)12-19(4,5)29-13-18(2,3)22-17(27)11-28-7-6-26/h6,8-10H,7,11-13H2,1-5H3,(H,22,27). The van der Waals surface area contributed by atoms with Crippen LogP contribution in [0.5, 0.6) is 0 Å². The zero-order valence-corrected chi connectivity index (χ0v) is 17.5. The van der Waals surface area contributed by atoms with Gasteiger partial charge in [0.1, 0.15) is 31.0 Å². The van der Waals surface area contributed by atoms with Gasteiger partial charge in [-0.3, -0.25) is 4.79 Å². The van der Waals surface area contributed by atoms with Gasteiger partial charge in [0.25, 0.3) is 0 Å². The minimum atomic E-state index is -0.605. The Morgan fingerprint density at radius 3 is 2.59 bits per heavy atom. The number of hydrogen-bond acceptors (Lipinski definition) is 8. The number of rotatable bonds is 11. The summed E-state index contributed by atoms with van der Waals surface area (Å²) in [6, 6.07) is 0. The van der Waals surface area contributed by atoms with Crippen molar-refractivity contribution in [1.82, 2.24) is 30.3 Å². The molecule has 29 heavy (non-hydrogen) atoms. The summed E-state index contributed by atoms with van der Waals surface area (Å²) in [5.41, 5.74) is 0.320. The first-order valence-electron chi connectivity index (χ1n) is 9.26. The van der Waals surface area contributed by atoms with Crippen molar-refractivity contribution in [2.45, 2.75) is 52.3 Å². The third-order valence-corrected chi connectivity index (χ3v) is 3.88. The molecule has 0 aliphatic rings. The molecule has 1 amide bonds. The zero-order chi connectivity index (χ0) is 21.5. The van der Waals surface area contributed by atoms with Crippen molar-refractivity contribution < 1.29 is 19.1 Å². The fraction of sp³-hybridized carbons (Fsp3) is 0.579. The summed E-state index contributed by atoms with van der Waals surface area (Å²) in [6.07, 6.45) is 5.84. The lowest BCUT2D eigenvalue weighted by molar-refractivity contribution is -0.130. The molecule has 1 N–H and O–H groups in total. The van der Waals surface area contributed by atoms with E-state index in [0.29, 0.717) is 24.3 Å². The monoisotopic (exact) mass is 404 g/mol. The minimum absolute atomic E-state index is 0.105. The van der Waals surface area contributed by atoms with E-state index in [1.807, 2.05) is 40.8 Å². The Hall–Kier alpha value is -2.72. The molecule has 2 aromatic heterocycles. The largest absolute Gasteiger partial charge is 0.371 e. The van der Waals surface area contributed by atoms with Crippen molar-refractivity contribution in [2.75, 3.05) is 19.8 Å². The summed E-state index contributed by atoms with van der Waals surface area (Å²) in [6.45, 7) is 9.89. The van der Waals surface area contributed by atoms with Gasteiger partial charge in [-0.2, -0.15) is 0 Å². The van der Waals surface area contributed by atoms with Crippen LogP contribution in [0.4, 0.5) is 0 Å². The minimum Gasteiger partial charge on any atom is -0.371 e. The van der Waals surface area contributed by atoms with Crippen LogP contribution in [-0.2, 0) is 25.6 Å². The second-order valence-corrected chi connectivity index (χ2v) is 7.98. The molecule has 0 aliphatic heterocycles. The molecule has 0 radical (unpaired) electrons. The van der Waals surface area contributed by atoms with Gasteiger partial charge in [0.2, 0.25) is 5.91 Å². The van der Waals surface area contributed by atoms with Crippen LogP contribution in [0.15, 0.2) is 18.6 Å². The molecule has 158 valence electrons. The predicted molar refractivity (Wildman–Crippen MR) is 105 cm³/mol. The van der Waals surface area contributed by atoms with Crippen molar-refractivity contribution in [1.29, 1.82) is 0 Å².